The van der Waals surface area contributed by atoms with E-state index in [1.165, 1.54) is 18.3 Å². The van der Waals surface area contributed by atoms with Crippen LogP contribution in [0.4, 0.5) is 29.5 Å². The number of anilines is 2. The number of nitrogen functional groups attached to an aromatic ring is 1. The molecule has 0 aliphatic rings. The number of alkyl halides is 3. The maximum absolute atomic E-state index is 12.6. The molecule has 0 aliphatic heterocycles. The number of nitrogens with one attached hydrogen (secondary N) is 1. The van der Waals surface area contributed by atoms with E-state index >= 15 is 0 Å². The number of rotatable bonds is 2. The molecule has 2 rings (SSSR count). The van der Waals surface area contributed by atoms with Gasteiger partial charge < -0.3 is 10.8 Å². The van der Waals surface area contributed by atoms with Gasteiger partial charge in [-0.2, -0.15) is 13.2 Å². The first-order chi connectivity index (χ1) is 9.27. The first-order valence-electron chi connectivity index (χ1n) is 5.30. The zero-order chi connectivity index (χ0) is 14.9. The van der Waals surface area contributed by atoms with Gasteiger partial charge in [0.05, 0.1) is 17.4 Å². The van der Waals surface area contributed by atoms with Crippen LogP contribution in [0, 0.1) is 0 Å². The fourth-order valence-electron chi connectivity index (χ4n) is 1.56. The number of nitrogens with two attached hydrogens (primary N) is 1. The monoisotopic (exact) mass is 286 g/mol. The van der Waals surface area contributed by atoms with Gasteiger partial charge in [0.15, 0.2) is 5.82 Å². The van der Waals surface area contributed by atoms with Crippen molar-refractivity contribution in [3.05, 3.63) is 36.0 Å². The van der Waals surface area contributed by atoms with E-state index in [2.05, 4.69) is 5.10 Å². The highest BCUT2D eigenvalue weighted by Gasteiger charge is 2.30. The molecule has 20 heavy (non-hydrogen) atoms. The van der Waals surface area contributed by atoms with Crippen LogP contribution in [0.15, 0.2) is 30.5 Å². The van der Waals surface area contributed by atoms with E-state index in [0.717, 1.165) is 16.8 Å². The Labute approximate surface area is 110 Å². The number of hydrogen-bond donors (Lipinski definition) is 3. The van der Waals surface area contributed by atoms with Crippen molar-refractivity contribution in [2.45, 2.75) is 6.18 Å². The van der Waals surface area contributed by atoms with Crippen LogP contribution in [0.3, 0.4) is 0 Å². The molecular weight excluding hydrogens is 277 g/mol. The highest BCUT2D eigenvalue weighted by atomic mass is 19.4. The molecular formula is C11H9F3N4O2. The second-order valence-electron chi connectivity index (χ2n) is 3.85. The SMILES string of the molecule is Nc1nn(-c2cccc(C(F)(F)F)c2)cc1NC(=O)O. The summed E-state index contributed by atoms with van der Waals surface area (Å²) in [4.78, 5) is 10.5. The van der Waals surface area contributed by atoms with Gasteiger partial charge in [-0.1, -0.05) is 6.07 Å². The van der Waals surface area contributed by atoms with E-state index in [4.69, 9.17) is 10.8 Å². The van der Waals surface area contributed by atoms with E-state index in [0.29, 0.717) is 0 Å². The summed E-state index contributed by atoms with van der Waals surface area (Å²) in [5.41, 5.74) is 4.75. The minimum Gasteiger partial charge on any atom is -0.465 e. The van der Waals surface area contributed by atoms with E-state index in [1.807, 2.05) is 5.32 Å². The van der Waals surface area contributed by atoms with Crippen molar-refractivity contribution in [1.29, 1.82) is 0 Å². The molecule has 0 aliphatic carbocycles. The third kappa shape index (κ3) is 2.82. The lowest BCUT2D eigenvalue weighted by atomic mass is 10.2. The Kier molecular flexibility index (Phi) is 3.26. The van der Waals surface area contributed by atoms with Gasteiger partial charge >= 0.3 is 12.3 Å². The number of halogens is 3. The summed E-state index contributed by atoms with van der Waals surface area (Å²) in [6, 6.07) is 4.43. The van der Waals surface area contributed by atoms with Gasteiger partial charge in [-0.15, -0.1) is 5.10 Å². The van der Waals surface area contributed by atoms with Gasteiger partial charge in [0.25, 0.3) is 0 Å². The normalized spacial score (nSPS) is 11.3. The Morgan fingerprint density at radius 2 is 2.10 bits per heavy atom. The summed E-state index contributed by atoms with van der Waals surface area (Å²) in [6.07, 6.45) is -4.63. The Hall–Kier alpha value is -2.71. The number of carboxylic acid groups (broad SMARTS) is 1. The number of amides is 1. The maximum Gasteiger partial charge on any atom is 0.416 e. The topological polar surface area (TPSA) is 93.2 Å². The molecule has 1 aromatic carbocycles. The third-order valence-electron chi connectivity index (χ3n) is 2.42. The van der Waals surface area contributed by atoms with E-state index < -0.39 is 17.8 Å². The smallest absolute Gasteiger partial charge is 0.416 e. The van der Waals surface area contributed by atoms with Crippen LogP contribution < -0.4 is 11.1 Å². The molecule has 1 heterocycles. The fraction of sp³-hybridized carbons (Fsp3) is 0.0909. The third-order valence-corrected chi connectivity index (χ3v) is 2.42. The first kappa shape index (κ1) is 13.7. The van der Waals surface area contributed by atoms with Crippen LogP contribution >= 0.6 is 0 Å². The van der Waals surface area contributed by atoms with Crippen molar-refractivity contribution >= 4 is 17.6 Å². The van der Waals surface area contributed by atoms with Crippen LogP contribution in [0.25, 0.3) is 5.69 Å². The fourth-order valence-corrected chi connectivity index (χ4v) is 1.56. The largest absolute Gasteiger partial charge is 0.465 e. The molecule has 0 spiro atoms. The molecule has 9 heteroatoms. The molecule has 0 saturated carbocycles. The van der Waals surface area contributed by atoms with Crippen molar-refractivity contribution < 1.29 is 23.1 Å². The van der Waals surface area contributed by atoms with Gasteiger partial charge in [0.2, 0.25) is 0 Å². The minimum atomic E-state index is -4.48. The molecule has 0 bridgehead atoms. The zero-order valence-electron chi connectivity index (χ0n) is 9.85. The number of benzene rings is 1. The van der Waals surface area contributed by atoms with Crippen LogP contribution in [0.2, 0.25) is 0 Å². The lowest BCUT2D eigenvalue weighted by Crippen LogP contribution is -2.07. The zero-order valence-corrected chi connectivity index (χ0v) is 9.85. The molecule has 1 amide bonds. The van der Waals surface area contributed by atoms with Crippen molar-refractivity contribution in [2.24, 2.45) is 0 Å². The van der Waals surface area contributed by atoms with E-state index in [1.54, 1.807) is 0 Å². The Morgan fingerprint density at radius 1 is 1.40 bits per heavy atom. The minimum absolute atomic E-state index is 0.00471. The van der Waals surface area contributed by atoms with E-state index in [9.17, 15) is 18.0 Å². The summed E-state index contributed by atoms with van der Waals surface area (Å²) in [5, 5.41) is 14.3. The quantitative estimate of drug-likeness (QED) is 0.791. The Bertz CT molecular complexity index is 651. The average Bonchev–Trinajstić information content (AvgIpc) is 2.69. The summed E-state index contributed by atoms with van der Waals surface area (Å²) < 4.78 is 38.9. The van der Waals surface area contributed by atoms with Crippen molar-refractivity contribution in [2.75, 3.05) is 11.1 Å². The molecule has 0 unspecified atom stereocenters. The first-order valence-corrected chi connectivity index (χ1v) is 5.30. The highest BCUT2D eigenvalue weighted by Crippen LogP contribution is 2.30. The molecule has 2 aromatic rings. The van der Waals surface area contributed by atoms with Crippen molar-refractivity contribution in [1.82, 2.24) is 9.78 Å². The predicted octanol–water partition coefficient (Wildman–Crippen LogP) is 2.56. The van der Waals surface area contributed by atoms with Crippen molar-refractivity contribution in [3.63, 3.8) is 0 Å². The summed E-state index contributed by atoms with van der Waals surface area (Å²) in [6.45, 7) is 0. The highest BCUT2D eigenvalue weighted by molar-refractivity contribution is 5.86. The lowest BCUT2D eigenvalue weighted by Gasteiger charge is -2.08. The Morgan fingerprint density at radius 3 is 2.70 bits per heavy atom. The van der Waals surface area contributed by atoms with Gasteiger partial charge in [0, 0.05) is 0 Å². The van der Waals surface area contributed by atoms with Crippen LogP contribution in [0.5, 0.6) is 0 Å². The van der Waals surface area contributed by atoms with Crippen LogP contribution in [-0.4, -0.2) is 21.0 Å². The molecule has 4 N–H and O–H groups in total. The van der Waals surface area contributed by atoms with Crippen LogP contribution in [0.1, 0.15) is 5.56 Å². The molecule has 1 aromatic heterocycles. The average molecular weight is 286 g/mol. The molecule has 0 atom stereocenters. The summed E-state index contributed by atoms with van der Waals surface area (Å²) in [5.74, 6) is -0.134. The number of hydrogen-bond acceptors (Lipinski definition) is 3. The van der Waals surface area contributed by atoms with Gasteiger partial charge in [-0.3, -0.25) is 5.32 Å². The maximum atomic E-state index is 12.6. The van der Waals surface area contributed by atoms with Gasteiger partial charge in [0.1, 0.15) is 5.69 Å². The molecule has 0 fully saturated rings. The number of carbonyl (C=O) groups is 1. The number of aromatic nitrogens is 2. The van der Waals surface area contributed by atoms with Gasteiger partial charge in [-0.25, -0.2) is 9.48 Å². The van der Waals surface area contributed by atoms with E-state index in [-0.39, 0.29) is 17.2 Å². The molecule has 0 saturated heterocycles. The summed E-state index contributed by atoms with van der Waals surface area (Å²) >= 11 is 0. The van der Waals surface area contributed by atoms with Gasteiger partial charge in [-0.05, 0) is 18.2 Å². The van der Waals surface area contributed by atoms with Crippen molar-refractivity contribution in [3.8, 4) is 5.69 Å². The van der Waals surface area contributed by atoms with Crippen LogP contribution in [-0.2, 0) is 6.18 Å². The molecule has 0 radical (unpaired) electrons. The second kappa shape index (κ2) is 4.76. The second-order valence-corrected chi connectivity index (χ2v) is 3.85. The predicted molar refractivity (Wildman–Crippen MR) is 64.6 cm³/mol. The standard InChI is InChI=1S/C11H9F3N4O2/c12-11(13,14)6-2-1-3-7(4-6)18-5-8(9(15)17-18)16-10(19)20/h1-5,16H,(H2,15,17)(H,19,20). The molecule has 6 nitrogen and oxygen atoms in total. The number of nitrogens with zero attached hydrogens (tertiary/aromatic N) is 2. The molecule has 106 valence electrons. The summed E-state index contributed by atoms with van der Waals surface area (Å²) in [7, 11) is 0. The lowest BCUT2D eigenvalue weighted by molar-refractivity contribution is -0.137. The Balaban J connectivity index is 2.39.